The second kappa shape index (κ2) is 7.38. The summed E-state index contributed by atoms with van der Waals surface area (Å²) in [5, 5.41) is 9.02. The number of nitrogens with two attached hydrogens (primary N) is 2. The Balaban J connectivity index is 1.57. The number of fused-ring (bicyclic) bond motifs is 5. The molecule has 7 nitrogen and oxygen atoms in total. The van der Waals surface area contributed by atoms with Crippen LogP contribution in [0.3, 0.4) is 0 Å². The first-order chi connectivity index (χ1) is 13.7. The summed E-state index contributed by atoms with van der Waals surface area (Å²) in [5.41, 5.74) is 20.0. The van der Waals surface area contributed by atoms with E-state index in [9.17, 15) is 4.79 Å². The molecule has 0 heterocycles. The largest absolute Gasteiger partial charge is 0.375 e. The molecule has 3 saturated carbocycles. The highest BCUT2D eigenvalue weighted by Gasteiger charge is 2.58. The number of thiocarbonyl (C=S) groups is 1. The van der Waals surface area contributed by atoms with Crippen LogP contribution in [0.2, 0.25) is 0 Å². The van der Waals surface area contributed by atoms with Crippen molar-refractivity contribution in [3.05, 3.63) is 11.6 Å². The number of hydrazone groups is 2. The Morgan fingerprint density at radius 2 is 1.79 bits per heavy atom. The molecule has 2 amide bonds. The Labute approximate surface area is 177 Å². The molecule has 0 aromatic heterocycles. The van der Waals surface area contributed by atoms with Gasteiger partial charge in [0.15, 0.2) is 5.11 Å². The van der Waals surface area contributed by atoms with E-state index >= 15 is 0 Å². The second-order valence-electron chi connectivity index (χ2n) is 9.61. The summed E-state index contributed by atoms with van der Waals surface area (Å²) in [6.45, 7) is 4.85. The zero-order valence-electron chi connectivity index (χ0n) is 17.3. The predicted molar refractivity (Wildman–Crippen MR) is 119 cm³/mol. The molecule has 4 aliphatic rings. The first-order valence-corrected chi connectivity index (χ1v) is 11.1. The van der Waals surface area contributed by atoms with E-state index in [-0.39, 0.29) is 15.9 Å². The van der Waals surface area contributed by atoms with E-state index in [2.05, 4.69) is 41.0 Å². The van der Waals surface area contributed by atoms with E-state index < -0.39 is 6.03 Å². The maximum Gasteiger partial charge on any atom is 0.332 e. The Kier molecular flexibility index (Phi) is 5.17. The SMILES string of the molecule is CC12CCC(=NNC(N)=O)C=C1CCC1C2CCC2(C)C(=NNC(N)=S)CCC12. The summed E-state index contributed by atoms with van der Waals surface area (Å²) >= 11 is 4.94. The zero-order valence-corrected chi connectivity index (χ0v) is 18.1. The van der Waals surface area contributed by atoms with E-state index in [1.165, 1.54) is 37.0 Å². The lowest BCUT2D eigenvalue weighted by atomic mass is 9.47. The summed E-state index contributed by atoms with van der Waals surface area (Å²) in [6.07, 6.45) is 11.2. The number of amides is 2. The standard InChI is InChI=1S/C21H32N6OS/c1-20-9-7-13(24-26-18(22)28)11-12(20)3-4-14-15-5-6-17(25-27-19(23)29)21(15,2)10-8-16(14)20/h11,14-16H,3-10H2,1-2H3,(H3,22,26,28)(H3,23,27,29). The van der Waals surface area contributed by atoms with Gasteiger partial charge in [-0.1, -0.05) is 19.4 Å². The van der Waals surface area contributed by atoms with Gasteiger partial charge in [-0.25, -0.2) is 10.2 Å². The molecule has 0 bridgehead atoms. The van der Waals surface area contributed by atoms with Gasteiger partial charge >= 0.3 is 6.03 Å². The fourth-order valence-electron chi connectivity index (χ4n) is 6.88. The summed E-state index contributed by atoms with van der Waals surface area (Å²) in [5.74, 6) is 2.11. The van der Waals surface area contributed by atoms with Crippen LogP contribution >= 0.6 is 12.2 Å². The van der Waals surface area contributed by atoms with Gasteiger partial charge < -0.3 is 11.5 Å². The molecule has 158 valence electrons. The van der Waals surface area contributed by atoms with E-state index in [1.54, 1.807) is 0 Å². The number of nitrogens with zero attached hydrogens (tertiary/aromatic N) is 2. The molecule has 0 aromatic rings. The van der Waals surface area contributed by atoms with E-state index in [4.69, 9.17) is 23.7 Å². The van der Waals surface area contributed by atoms with Gasteiger partial charge in [0, 0.05) is 11.1 Å². The molecular formula is C21H32N6OS. The molecular weight excluding hydrogens is 384 g/mol. The number of allylic oxidation sites excluding steroid dienone is 2. The van der Waals surface area contributed by atoms with Crippen LogP contribution in [-0.4, -0.2) is 22.6 Å². The van der Waals surface area contributed by atoms with Gasteiger partial charge in [0.1, 0.15) is 0 Å². The highest BCUT2D eigenvalue weighted by Crippen LogP contribution is 2.64. The first kappa shape index (κ1) is 20.3. The van der Waals surface area contributed by atoms with E-state index in [1.807, 2.05) is 0 Å². The summed E-state index contributed by atoms with van der Waals surface area (Å²) in [7, 11) is 0. The lowest BCUT2D eigenvalue weighted by Crippen LogP contribution is -2.50. The van der Waals surface area contributed by atoms with Gasteiger partial charge in [0.2, 0.25) is 0 Å². The van der Waals surface area contributed by atoms with Crippen molar-refractivity contribution in [3.8, 4) is 0 Å². The van der Waals surface area contributed by atoms with Gasteiger partial charge in [-0.2, -0.15) is 10.2 Å². The average molecular weight is 417 g/mol. The number of carbonyl (C=O) groups is 1. The van der Waals surface area contributed by atoms with Crippen LogP contribution in [0.4, 0.5) is 4.79 Å². The van der Waals surface area contributed by atoms with Gasteiger partial charge in [-0.15, -0.1) is 0 Å². The molecule has 0 aliphatic heterocycles. The van der Waals surface area contributed by atoms with Gasteiger partial charge in [0.25, 0.3) is 0 Å². The minimum Gasteiger partial charge on any atom is -0.375 e. The molecule has 4 aliphatic carbocycles. The lowest BCUT2D eigenvalue weighted by molar-refractivity contribution is -0.0155. The van der Waals surface area contributed by atoms with Crippen LogP contribution in [0.1, 0.15) is 65.2 Å². The Morgan fingerprint density at radius 1 is 1.03 bits per heavy atom. The molecule has 4 rings (SSSR count). The van der Waals surface area contributed by atoms with Gasteiger partial charge in [-0.3, -0.25) is 5.43 Å². The molecule has 6 N–H and O–H groups in total. The molecule has 8 heteroatoms. The van der Waals surface area contributed by atoms with Gasteiger partial charge in [0.05, 0.1) is 5.71 Å². The van der Waals surface area contributed by atoms with Crippen molar-refractivity contribution in [1.29, 1.82) is 0 Å². The number of hydrogen-bond acceptors (Lipinski definition) is 4. The third-order valence-electron chi connectivity index (χ3n) is 8.33. The number of rotatable bonds is 2. The summed E-state index contributed by atoms with van der Waals surface area (Å²) in [6, 6.07) is -0.608. The molecule has 0 aromatic carbocycles. The number of urea groups is 1. The van der Waals surface area contributed by atoms with E-state index in [0.717, 1.165) is 37.3 Å². The van der Waals surface area contributed by atoms with Crippen LogP contribution in [0.15, 0.2) is 21.9 Å². The summed E-state index contributed by atoms with van der Waals surface area (Å²) < 4.78 is 0. The maximum absolute atomic E-state index is 11.0. The minimum atomic E-state index is -0.608. The molecule has 29 heavy (non-hydrogen) atoms. The Morgan fingerprint density at radius 3 is 2.52 bits per heavy atom. The molecule has 3 fully saturated rings. The van der Waals surface area contributed by atoms with Crippen molar-refractivity contribution in [2.24, 2.45) is 50.3 Å². The van der Waals surface area contributed by atoms with Crippen molar-refractivity contribution >= 4 is 34.8 Å². The van der Waals surface area contributed by atoms with Crippen LogP contribution in [0, 0.1) is 28.6 Å². The van der Waals surface area contributed by atoms with Crippen LogP contribution in [0.25, 0.3) is 0 Å². The molecule has 0 radical (unpaired) electrons. The highest BCUT2D eigenvalue weighted by atomic mass is 32.1. The quantitative estimate of drug-likeness (QED) is 0.408. The average Bonchev–Trinajstić information content (AvgIpc) is 3.01. The van der Waals surface area contributed by atoms with Crippen molar-refractivity contribution in [3.63, 3.8) is 0 Å². The Bertz CT molecular complexity index is 820. The van der Waals surface area contributed by atoms with Crippen LogP contribution < -0.4 is 22.3 Å². The maximum atomic E-state index is 11.0. The second-order valence-corrected chi connectivity index (χ2v) is 10.1. The number of primary amides is 1. The zero-order chi connectivity index (χ0) is 20.8. The molecule has 0 spiro atoms. The van der Waals surface area contributed by atoms with Crippen molar-refractivity contribution < 1.29 is 4.79 Å². The predicted octanol–water partition coefficient (Wildman–Crippen LogP) is 3.16. The van der Waals surface area contributed by atoms with Crippen LogP contribution in [-0.2, 0) is 0 Å². The fraction of sp³-hybridized carbons (Fsp3) is 0.714. The van der Waals surface area contributed by atoms with Crippen molar-refractivity contribution in [2.45, 2.75) is 65.2 Å². The number of carbonyl (C=O) groups excluding carboxylic acids is 1. The minimum absolute atomic E-state index is 0.156. The number of hydrogen-bond donors (Lipinski definition) is 4. The number of nitrogens with one attached hydrogen (secondary N) is 2. The monoisotopic (exact) mass is 416 g/mol. The molecule has 5 unspecified atom stereocenters. The van der Waals surface area contributed by atoms with Crippen molar-refractivity contribution in [1.82, 2.24) is 10.9 Å². The smallest absolute Gasteiger partial charge is 0.332 e. The summed E-state index contributed by atoms with van der Waals surface area (Å²) in [4.78, 5) is 11.0. The normalized spacial score (nSPS) is 41.2. The Hall–Kier alpha value is -1.96. The third-order valence-corrected chi connectivity index (χ3v) is 8.42. The third kappa shape index (κ3) is 3.45. The van der Waals surface area contributed by atoms with Gasteiger partial charge in [-0.05, 0) is 92.8 Å². The lowest BCUT2D eigenvalue weighted by Gasteiger charge is -2.57. The molecule has 5 atom stereocenters. The first-order valence-electron chi connectivity index (χ1n) is 10.7. The highest BCUT2D eigenvalue weighted by molar-refractivity contribution is 7.80. The van der Waals surface area contributed by atoms with Crippen molar-refractivity contribution in [2.75, 3.05) is 0 Å². The molecule has 0 saturated heterocycles. The fourth-order valence-corrected chi connectivity index (χ4v) is 6.93. The van der Waals surface area contributed by atoms with Crippen LogP contribution in [0.5, 0.6) is 0 Å². The van der Waals surface area contributed by atoms with E-state index in [0.29, 0.717) is 11.8 Å². The topological polar surface area (TPSA) is 118 Å².